The molecular formula is C22H22N2O4S. The Hall–Kier alpha value is -3.19. The molecule has 2 N–H and O–H groups in total. The second kappa shape index (κ2) is 9.84. The summed E-state index contributed by atoms with van der Waals surface area (Å²) >= 11 is 1.40. The largest absolute Gasteiger partial charge is 0.486 e. The molecule has 0 bridgehead atoms. The average Bonchev–Trinajstić information content (AvgIpc) is 3.21. The first-order valence-corrected chi connectivity index (χ1v) is 10.1. The molecular weight excluding hydrogens is 388 g/mol. The van der Waals surface area contributed by atoms with Crippen LogP contribution in [0.3, 0.4) is 0 Å². The number of hydrogen-bond donors (Lipinski definition) is 2. The summed E-state index contributed by atoms with van der Waals surface area (Å²) in [6.07, 6.45) is 0. The molecule has 29 heavy (non-hydrogen) atoms. The number of aryl methyl sites for hydroxylation is 2. The molecule has 1 heterocycles. The highest BCUT2D eigenvalue weighted by molar-refractivity contribution is 8.00. The van der Waals surface area contributed by atoms with E-state index in [0.717, 1.165) is 4.90 Å². The van der Waals surface area contributed by atoms with Crippen LogP contribution in [0.2, 0.25) is 0 Å². The van der Waals surface area contributed by atoms with E-state index in [4.69, 9.17) is 9.15 Å². The van der Waals surface area contributed by atoms with Gasteiger partial charge >= 0.3 is 5.91 Å². The molecule has 0 radical (unpaired) electrons. The van der Waals surface area contributed by atoms with Crippen LogP contribution in [0.25, 0.3) is 0 Å². The number of furan rings is 1. The standard InChI is InChI=1S/C22H22N2O4S/c1-15-8-10-19(12-16(15)2)29-14-21(25)23-24-22(26)20-11-9-18(28-20)13-27-17-6-4-3-5-7-17/h3-12H,13-14H2,1-2H3,(H,23,25)(H,24,26). The Kier molecular flexibility index (Phi) is 6.97. The zero-order valence-corrected chi connectivity index (χ0v) is 17.0. The molecule has 0 unspecified atom stereocenters. The summed E-state index contributed by atoms with van der Waals surface area (Å²) in [6, 6.07) is 18.5. The first-order chi connectivity index (χ1) is 14.0. The van der Waals surface area contributed by atoms with E-state index in [1.54, 1.807) is 6.07 Å². The van der Waals surface area contributed by atoms with Gasteiger partial charge in [0.25, 0.3) is 0 Å². The van der Waals surface area contributed by atoms with Crippen molar-refractivity contribution < 1.29 is 18.7 Å². The second-order valence-corrected chi connectivity index (χ2v) is 7.45. The van der Waals surface area contributed by atoms with E-state index in [1.807, 2.05) is 62.4 Å². The van der Waals surface area contributed by atoms with Crippen LogP contribution in [0.4, 0.5) is 0 Å². The van der Waals surface area contributed by atoms with E-state index in [-0.39, 0.29) is 24.0 Å². The number of hydrogen-bond acceptors (Lipinski definition) is 5. The minimum absolute atomic E-state index is 0.0961. The van der Waals surface area contributed by atoms with Crippen molar-refractivity contribution in [3.05, 3.63) is 83.3 Å². The van der Waals surface area contributed by atoms with Gasteiger partial charge in [-0.15, -0.1) is 11.8 Å². The van der Waals surface area contributed by atoms with Crippen molar-refractivity contribution in [1.82, 2.24) is 10.9 Å². The predicted octanol–water partition coefficient (Wildman–Crippen LogP) is 4.03. The van der Waals surface area contributed by atoms with Crippen LogP contribution in [0.15, 0.2) is 70.0 Å². The lowest BCUT2D eigenvalue weighted by atomic mass is 10.1. The third-order valence-electron chi connectivity index (χ3n) is 4.17. The summed E-state index contributed by atoms with van der Waals surface area (Å²) < 4.78 is 11.0. The quantitative estimate of drug-likeness (QED) is 0.454. The zero-order chi connectivity index (χ0) is 20.6. The van der Waals surface area contributed by atoms with Gasteiger partial charge in [-0.2, -0.15) is 0 Å². The first-order valence-electron chi connectivity index (χ1n) is 9.07. The van der Waals surface area contributed by atoms with Crippen LogP contribution in [0.5, 0.6) is 5.75 Å². The number of nitrogens with one attached hydrogen (secondary N) is 2. The van der Waals surface area contributed by atoms with E-state index in [2.05, 4.69) is 10.9 Å². The summed E-state index contributed by atoms with van der Waals surface area (Å²) in [7, 11) is 0. The van der Waals surface area contributed by atoms with Gasteiger partial charge in [-0.25, -0.2) is 0 Å². The number of thioether (sulfide) groups is 1. The normalized spacial score (nSPS) is 10.4. The minimum Gasteiger partial charge on any atom is -0.486 e. The average molecular weight is 410 g/mol. The van der Waals surface area contributed by atoms with Gasteiger partial charge in [0.05, 0.1) is 5.75 Å². The summed E-state index contributed by atoms with van der Waals surface area (Å²) in [5.41, 5.74) is 7.13. The van der Waals surface area contributed by atoms with Gasteiger partial charge in [0.1, 0.15) is 18.1 Å². The molecule has 2 aromatic carbocycles. The number of carbonyl (C=O) groups excluding carboxylic acids is 2. The molecule has 0 spiro atoms. The summed E-state index contributed by atoms with van der Waals surface area (Å²) in [6.45, 7) is 4.28. The maximum Gasteiger partial charge on any atom is 0.305 e. The Bertz CT molecular complexity index is 985. The molecule has 1 aromatic heterocycles. The molecule has 0 saturated heterocycles. The Balaban J connectivity index is 1.42. The van der Waals surface area contributed by atoms with Crippen LogP contribution in [-0.4, -0.2) is 17.6 Å². The molecule has 7 heteroatoms. The Morgan fingerprint density at radius 3 is 2.52 bits per heavy atom. The Labute approximate surface area is 173 Å². The number of rotatable bonds is 7. The van der Waals surface area contributed by atoms with E-state index >= 15 is 0 Å². The highest BCUT2D eigenvalue weighted by Gasteiger charge is 2.13. The molecule has 0 atom stereocenters. The van der Waals surface area contributed by atoms with Gasteiger partial charge in [-0.1, -0.05) is 24.3 Å². The Morgan fingerprint density at radius 1 is 0.966 bits per heavy atom. The summed E-state index contributed by atoms with van der Waals surface area (Å²) in [5, 5.41) is 0. The molecule has 6 nitrogen and oxygen atoms in total. The lowest BCUT2D eigenvalue weighted by molar-refractivity contribution is -0.119. The lowest BCUT2D eigenvalue weighted by Gasteiger charge is -2.07. The number of ether oxygens (including phenoxy) is 1. The van der Waals surface area contributed by atoms with Gasteiger partial charge in [0, 0.05) is 4.90 Å². The molecule has 3 aromatic rings. The molecule has 0 fully saturated rings. The zero-order valence-electron chi connectivity index (χ0n) is 16.2. The molecule has 0 aliphatic carbocycles. The molecule has 0 saturated carbocycles. The third kappa shape index (κ3) is 6.15. The van der Waals surface area contributed by atoms with E-state index in [0.29, 0.717) is 11.5 Å². The maximum atomic E-state index is 12.1. The lowest BCUT2D eigenvalue weighted by Crippen LogP contribution is -2.42. The fourth-order valence-electron chi connectivity index (χ4n) is 2.43. The van der Waals surface area contributed by atoms with Crippen molar-refractivity contribution in [2.24, 2.45) is 0 Å². The van der Waals surface area contributed by atoms with Crippen molar-refractivity contribution >= 4 is 23.6 Å². The number of hydrazine groups is 1. The van der Waals surface area contributed by atoms with Crippen molar-refractivity contribution in [2.45, 2.75) is 25.3 Å². The summed E-state index contributed by atoms with van der Waals surface area (Å²) in [4.78, 5) is 25.1. The monoisotopic (exact) mass is 410 g/mol. The molecule has 0 aliphatic rings. The van der Waals surface area contributed by atoms with Gasteiger partial charge in [0.15, 0.2) is 5.76 Å². The fourth-order valence-corrected chi connectivity index (χ4v) is 3.22. The number of para-hydroxylation sites is 1. The highest BCUT2D eigenvalue weighted by atomic mass is 32.2. The van der Waals surface area contributed by atoms with Crippen LogP contribution in [0, 0.1) is 13.8 Å². The molecule has 0 aliphatic heterocycles. The molecule has 150 valence electrons. The summed E-state index contributed by atoms with van der Waals surface area (Å²) in [5.74, 6) is 0.677. The smallest absolute Gasteiger partial charge is 0.305 e. The number of carbonyl (C=O) groups is 2. The number of amides is 2. The van der Waals surface area contributed by atoms with Crippen LogP contribution >= 0.6 is 11.8 Å². The first kappa shape index (κ1) is 20.5. The van der Waals surface area contributed by atoms with Crippen LogP contribution in [-0.2, 0) is 11.4 Å². The third-order valence-corrected chi connectivity index (χ3v) is 5.17. The van der Waals surface area contributed by atoms with E-state index in [9.17, 15) is 9.59 Å². The Morgan fingerprint density at radius 2 is 1.76 bits per heavy atom. The van der Waals surface area contributed by atoms with Gasteiger partial charge in [0.2, 0.25) is 5.91 Å². The fraction of sp³-hybridized carbons (Fsp3) is 0.182. The second-order valence-electron chi connectivity index (χ2n) is 6.40. The SMILES string of the molecule is Cc1ccc(SCC(=O)NNC(=O)c2ccc(COc3ccccc3)o2)cc1C. The minimum atomic E-state index is -0.527. The van der Waals surface area contributed by atoms with Crippen LogP contribution in [0.1, 0.15) is 27.4 Å². The van der Waals surface area contributed by atoms with Crippen molar-refractivity contribution in [3.63, 3.8) is 0 Å². The van der Waals surface area contributed by atoms with E-state index < -0.39 is 5.91 Å². The highest BCUT2D eigenvalue weighted by Crippen LogP contribution is 2.20. The van der Waals surface area contributed by atoms with Gasteiger partial charge < -0.3 is 9.15 Å². The van der Waals surface area contributed by atoms with E-state index in [1.165, 1.54) is 29.0 Å². The van der Waals surface area contributed by atoms with Crippen LogP contribution < -0.4 is 15.6 Å². The molecule has 3 rings (SSSR count). The topological polar surface area (TPSA) is 80.6 Å². The maximum absolute atomic E-state index is 12.1. The predicted molar refractivity (Wildman–Crippen MR) is 112 cm³/mol. The van der Waals surface area contributed by atoms with Gasteiger partial charge in [-0.3, -0.25) is 20.4 Å². The van der Waals surface area contributed by atoms with Gasteiger partial charge in [-0.05, 0) is 61.4 Å². The molecule has 2 amide bonds. The number of benzene rings is 2. The van der Waals surface area contributed by atoms with Crippen molar-refractivity contribution in [1.29, 1.82) is 0 Å². The van der Waals surface area contributed by atoms with Crippen molar-refractivity contribution in [2.75, 3.05) is 5.75 Å². The van der Waals surface area contributed by atoms with Crippen molar-refractivity contribution in [3.8, 4) is 5.75 Å².